The van der Waals surface area contributed by atoms with E-state index in [9.17, 15) is 14.7 Å². The number of rotatable bonds is 3. The molecule has 0 radical (unpaired) electrons. The third-order valence-electron chi connectivity index (χ3n) is 4.44. The molecule has 0 saturated carbocycles. The van der Waals surface area contributed by atoms with Crippen molar-refractivity contribution >= 4 is 22.8 Å². The highest BCUT2D eigenvalue weighted by Crippen LogP contribution is 2.29. The van der Waals surface area contributed by atoms with Crippen molar-refractivity contribution in [1.29, 1.82) is 0 Å². The molecule has 0 aliphatic carbocycles. The SMILES string of the molecule is Cc1cccc2c(O[C@@H]3C[C@@H](C(=O)O)N(C(=O)OC(C)(C)C)C3)nccc12. The topological polar surface area (TPSA) is 89.0 Å². The number of fused-ring (bicyclic) bond motifs is 1. The van der Waals surface area contributed by atoms with E-state index in [1.807, 2.05) is 31.2 Å². The maximum Gasteiger partial charge on any atom is 0.411 e. The molecule has 7 heteroatoms. The van der Waals surface area contributed by atoms with Gasteiger partial charge in [-0.3, -0.25) is 4.90 Å². The zero-order valence-corrected chi connectivity index (χ0v) is 15.9. The minimum atomic E-state index is -1.08. The van der Waals surface area contributed by atoms with Crippen molar-refractivity contribution in [2.75, 3.05) is 6.54 Å². The summed E-state index contributed by atoms with van der Waals surface area (Å²) in [7, 11) is 0. The number of aromatic nitrogens is 1. The summed E-state index contributed by atoms with van der Waals surface area (Å²) in [5.74, 6) is -0.634. The maximum atomic E-state index is 12.4. The van der Waals surface area contributed by atoms with Crippen LogP contribution in [0.25, 0.3) is 10.8 Å². The van der Waals surface area contributed by atoms with Crippen LogP contribution in [0.1, 0.15) is 32.8 Å². The summed E-state index contributed by atoms with van der Waals surface area (Å²) in [5, 5.41) is 11.4. The molecule has 144 valence electrons. The summed E-state index contributed by atoms with van der Waals surface area (Å²) < 4.78 is 11.3. The van der Waals surface area contributed by atoms with Gasteiger partial charge in [0, 0.05) is 18.0 Å². The molecule has 1 aromatic carbocycles. The molecule has 0 bridgehead atoms. The molecule has 1 aliphatic heterocycles. The van der Waals surface area contributed by atoms with Crippen LogP contribution < -0.4 is 4.74 Å². The van der Waals surface area contributed by atoms with Crippen LogP contribution in [-0.2, 0) is 9.53 Å². The Morgan fingerprint density at radius 2 is 1.96 bits per heavy atom. The number of hydrogen-bond donors (Lipinski definition) is 1. The number of nitrogens with zero attached hydrogens (tertiary/aromatic N) is 2. The Kier molecular flexibility index (Phi) is 4.95. The number of aryl methyl sites for hydroxylation is 1. The number of carbonyl (C=O) groups excluding carboxylic acids is 1. The molecule has 1 saturated heterocycles. The highest BCUT2D eigenvalue weighted by molar-refractivity contribution is 5.89. The summed E-state index contributed by atoms with van der Waals surface area (Å²) in [4.78, 5) is 29.5. The first-order valence-corrected chi connectivity index (χ1v) is 8.89. The van der Waals surface area contributed by atoms with Crippen molar-refractivity contribution < 1.29 is 24.2 Å². The molecule has 0 spiro atoms. The quantitative estimate of drug-likeness (QED) is 0.888. The van der Waals surface area contributed by atoms with Crippen molar-refractivity contribution in [1.82, 2.24) is 9.88 Å². The van der Waals surface area contributed by atoms with E-state index in [4.69, 9.17) is 9.47 Å². The summed E-state index contributed by atoms with van der Waals surface area (Å²) in [6, 6.07) is 6.78. The maximum absolute atomic E-state index is 12.4. The molecule has 1 amide bonds. The van der Waals surface area contributed by atoms with Crippen molar-refractivity contribution in [3.8, 4) is 5.88 Å². The van der Waals surface area contributed by atoms with Gasteiger partial charge in [-0.2, -0.15) is 0 Å². The van der Waals surface area contributed by atoms with Gasteiger partial charge in [-0.25, -0.2) is 14.6 Å². The van der Waals surface area contributed by atoms with Crippen molar-refractivity contribution in [3.05, 3.63) is 36.0 Å². The lowest BCUT2D eigenvalue weighted by Crippen LogP contribution is -2.43. The Morgan fingerprint density at radius 3 is 2.63 bits per heavy atom. The van der Waals surface area contributed by atoms with Gasteiger partial charge in [-0.05, 0) is 50.8 Å². The molecular formula is C20H24N2O5. The Balaban J connectivity index is 1.82. The molecule has 2 heterocycles. The van der Waals surface area contributed by atoms with E-state index in [-0.39, 0.29) is 13.0 Å². The van der Waals surface area contributed by atoms with Gasteiger partial charge in [-0.1, -0.05) is 12.1 Å². The smallest absolute Gasteiger partial charge is 0.411 e. The molecule has 1 fully saturated rings. The zero-order chi connectivity index (χ0) is 19.8. The number of hydrogen-bond acceptors (Lipinski definition) is 5. The number of carboxylic acid groups (broad SMARTS) is 1. The fourth-order valence-corrected chi connectivity index (χ4v) is 3.23. The van der Waals surface area contributed by atoms with E-state index in [2.05, 4.69) is 4.98 Å². The van der Waals surface area contributed by atoms with Crippen LogP contribution in [0.15, 0.2) is 30.5 Å². The van der Waals surface area contributed by atoms with E-state index in [1.54, 1.807) is 27.0 Å². The molecule has 3 rings (SSSR count). The van der Waals surface area contributed by atoms with Gasteiger partial charge in [0.1, 0.15) is 17.7 Å². The number of carboxylic acids is 1. The Hall–Kier alpha value is -2.83. The first kappa shape index (κ1) is 18.9. The van der Waals surface area contributed by atoms with Crippen molar-refractivity contribution in [2.24, 2.45) is 0 Å². The summed E-state index contributed by atoms with van der Waals surface area (Å²) in [6.07, 6.45) is 0.721. The van der Waals surface area contributed by atoms with E-state index < -0.39 is 29.8 Å². The van der Waals surface area contributed by atoms with Crippen LogP contribution in [-0.4, -0.2) is 51.3 Å². The first-order valence-electron chi connectivity index (χ1n) is 8.89. The first-order chi connectivity index (χ1) is 12.7. The fraction of sp³-hybridized carbons (Fsp3) is 0.450. The average molecular weight is 372 g/mol. The zero-order valence-electron chi connectivity index (χ0n) is 15.9. The number of carbonyl (C=O) groups is 2. The van der Waals surface area contributed by atoms with E-state index in [1.165, 1.54) is 4.90 Å². The summed E-state index contributed by atoms with van der Waals surface area (Å²) in [6.45, 7) is 7.37. The average Bonchev–Trinajstić information content (AvgIpc) is 2.99. The van der Waals surface area contributed by atoms with E-state index >= 15 is 0 Å². The molecule has 1 aliphatic rings. The largest absolute Gasteiger partial charge is 0.480 e. The van der Waals surface area contributed by atoms with Gasteiger partial charge in [-0.15, -0.1) is 0 Å². The minimum Gasteiger partial charge on any atom is -0.480 e. The molecule has 1 aromatic heterocycles. The Bertz CT molecular complexity index is 874. The van der Waals surface area contributed by atoms with E-state index in [0.29, 0.717) is 5.88 Å². The molecule has 0 unspecified atom stereocenters. The minimum absolute atomic E-state index is 0.135. The van der Waals surface area contributed by atoms with Crippen molar-refractivity contribution in [3.63, 3.8) is 0 Å². The lowest BCUT2D eigenvalue weighted by molar-refractivity contribution is -0.142. The Labute approximate surface area is 157 Å². The molecule has 1 N–H and O–H groups in total. The van der Waals surface area contributed by atoms with Crippen LogP contribution in [0.3, 0.4) is 0 Å². The second kappa shape index (κ2) is 7.06. The van der Waals surface area contributed by atoms with Gasteiger partial charge in [0.25, 0.3) is 0 Å². The third-order valence-corrected chi connectivity index (χ3v) is 4.44. The van der Waals surface area contributed by atoms with Crippen LogP contribution in [0.2, 0.25) is 0 Å². The predicted octanol–water partition coefficient (Wildman–Crippen LogP) is 3.38. The number of ether oxygens (including phenoxy) is 2. The monoisotopic (exact) mass is 372 g/mol. The van der Waals surface area contributed by atoms with Gasteiger partial charge in [0.2, 0.25) is 5.88 Å². The second-order valence-electron chi connectivity index (χ2n) is 7.75. The number of amides is 1. The summed E-state index contributed by atoms with van der Waals surface area (Å²) >= 11 is 0. The molecule has 7 nitrogen and oxygen atoms in total. The standard InChI is InChI=1S/C20H24N2O5/c1-12-6-5-7-15-14(12)8-9-21-17(15)26-13-10-16(18(23)24)22(11-13)19(25)27-20(2,3)4/h5-9,13,16H,10-11H2,1-4H3,(H,23,24)/t13-,16+/m1/s1. The van der Waals surface area contributed by atoms with Gasteiger partial charge < -0.3 is 14.6 Å². The van der Waals surface area contributed by atoms with Crippen LogP contribution in [0.5, 0.6) is 5.88 Å². The summed E-state index contributed by atoms with van der Waals surface area (Å²) in [5.41, 5.74) is 0.401. The van der Waals surface area contributed by atoms with Gasteiger partial charge in [0.05, 0.1) is 6.54 Å². The van der Waals surface area contributed by atoms with Crippen molar-refractivity contribution in [2.45, 2.75) is 51.9 Å². The lowest BCUT2D eigenvalue weighted by Gasteiger charge is -2.26. The normalized spacial score (nSPS) is 19.9. The predicted molar refractivity (Wildman–Crippen MR) is 99.9 cm³/mol. The molecule has 2 atom stereocenters. The van der Waals surface area contributed by atoms with Gasteiger partial charge in [0.15, 0.2) is 0 Å². The number of benzene rings is 1. The lowest BCUT2D eigenvalue weighted by atomic mass is 10.1. The van der Waals surface area contributed by atoms with Gasteiger partial charge >= 0.3 is 12.1 Å². The highest BCUT2D eigenvalue weighted by atomic mass is 16.6. The van der Waals surface area contributed by atoms with Crippen LogP contribution in [0, 0.1) is 6.92 Å². The number of likely N-dealkylation sites (tertiary alicyclic amines) is 1. The van der Waals surface area contributed by atoms with Crippen LogP contribution >= 0.6 is 0 Å². The second-order valence-corrected chi connectivity index (χ2v) is 7.75. The van der Waals surface area contributed by atoms with Crippen LogP contribution in [0.4, 0.5) is 4.79 Å². The molecule has 27 heavy (non-hydrogen) atoms. The number of aliphatic carboxylic acids is 1. The highest BCUT2D eigenvalue weighted by Gasteiger charge is 2.42. The molecule has 2 aromatic rings. The fourth-order valence-electron chi connectivity index (χ4n) is 3.23. The molecular weight excluding hydrogens is 348 g/mol. The third kappa shape index (κ3) is 4.13. The Morgan fingerprint density at radius 1 is 1.22 bits per heavy atom. The van der Waals surface area contributed by atoms with E-state index in [0.717, 1.165) is 16.3 Å². The number of pyridine rings is 1.